The highest BCUT2D eigenvalue weighted by atomic mass is 15.0. The van der Waals surface area contributed by atoms with Crippen molar-refractivity contribution in [2.75, 3.05) is 0 Å². The summed E-state index contributed by atoms with van der Waals surface area (Å²) in [5, 5.41) is 4.96. The number of nitrogens with zero attached hydrogens (tertiary/aromatic N) is 4. The minimum absolute atomic E-state index is 0.710. The first kappa shape index (κ1) is 28.3. The second-order valence-corrected chi connectivity index (χ2v) is 12.7. The zero-order valence-electron chi connectivity index (χ0n) is 27.1. The molecule has 0 bridgehead atoms. The molecule has 0 amide bonds. The van der Waals surface area contributed by atoms with Crippen molar-refractivity contribution in [3.05, 3.63) is 182 Å². The summed E-state index contributed by atoms with van der Waals surface area (Å²) in [4.78, 5) is 10.1. The Morgan fingerprint density at radius 3 is 1.38 bits per heavy atom. The third kappa shape index (κ3) is 4.54. The van der Waals surface area contributed by atoms with Crippen molar-refractivity contribution >= 4 is 43.6 Å². The normalized spacial score (nSPS) is 11.6. The summed E-state index contributed by atoms with van der Waals surface area (Å²) in [6.45, 7) is 0. The standard InChI is InChI=1S/C46H30N4/c1-3-14-31(15-4-1)40-30-41(48-46(47-40)32-16-5-2-6-17-32)33-18-13-19-34(28-33)49-44-25-12-9-22-38(44)39-29-35(26-27-45(39)49)50-42-23-10-7-20-36(42)37-21-8-11-24-43(37)50/h1-30H. The monoisotopic (exact) mass is 638 g/mol. The molecule has 0 fully saturated rings. The number of aromatic nitrogens is 4. The lowest BCUT2D eigenvalue weighted by atomic mass is 10.1. The van der Waals surface area contributed by atoms with E-state index < -0.39 is 0 Å². The van der Waals surface area contributed by atoms with Gasteiger partial charge < -0.3 is 9.13 Å². The van der Waals surface area contributed by atoms with Gasteiger partial charge in [-0.1, -0.05) is 127 Å². The van der Waals surface area contributed by atoms with Crippen LogP contribution in [-0.2, 0) is 0 Å². The molecule has 0 N–H and O–H groups in total. The molecule has 3 heterocycles. The minimum Gasteiger partial charge on any atom is -0.309 e. The van der Waals surface area contributed by atoms with Gasteiger partial charge in [0.1, 0.15) is 0 Å². The Kier molecular flexibility index (Phi) is 6.46. The maximum Gasteiger partial charge on any atom is 0.160 e. The van der Waals surface area contributed by atoms with Crippen molar-refractivity contribution in [1.82, 2.24) is 19.1 Å². The molecular formula is C46H30N4. The van der Waals surface area contributed by atoms with Crippen LogP contribution in [0.2, 0.25) is 0 Å². The van der Waals surface area contributed by atoms with Gasteiger partial charge >= 0.3 is 0 Å². The van der Waals surface area contributed by atoms with Crippen molar-refractivity contribution in [3.63, 3.8) is 0 Å². The Bertz CT molecular complexity index is 2750. The molecule has 0 aliphatic rings. The van der Waals surface area contributed by atoms with Crippen LogP contribution in [0, 0.1) is 0 Å². The molecule has 0 aliphatic heterocycles. The highest BCUT2D eigenvalue weighted by Gasteiger charge is 2.17. The number of hydrogen-bond acceptors (Lipinski definition) is 2. The maximum absolute atomic E-state index is 5.11. The van der Waals surface area contributed by atoms with E-state index in [1.165, 1.54) is 32.6 Å². The molecule has 0 saturated heterocycles. The molecule has 50 heavy (non-hydrogen) atoms. The van der Waals surface area contributed by atoms with E-state index in [1.54, 1.807) is 0 Å². The minimum atomic E-state index is 0.710. The molecule has 234 valence electrons. The van der Waals surface area contributed by atoms with Gasteiger partial charge in [-0.25, -0.2) is 9.97 Å². The lowest BCUT2D eigenvalue weighted by Crippen LogP contribution is -1.98. The van der Waals surface area contributed by atoms with Gasteiger partial charge in [-0.3, -0.25) is 0 Å². The lowest BCUT2D eigenvalue weighted by molar-refractivity contribution is 1.16. The molecule has 3 aromatic heterocycles. The van der Waals surface area contributed by atoms with Gasteiger partial charge in [-0.2, -0.15) is 0 Å². The number of hydrogen-bond donors (Lipinski definition) is 0. The van der Waals surface area contributed by atoms with Crippen LogP contribution in [0.4, 0.5) is 0 Å². The molecule has 0 aliphatic carbocycles. The zero-order chi connectivity index (χ0) is 33.0. The van der Waals surface area contributed by atoms with Crippen LogP contribution >= 0.6 is 0 Å². The Balaban J connectivity index is 1.16. The Hall–Kier alpha value is -6.78. The van der Waals surface area contributed by atoms with Crippen LogP contribution in [0.3, 0.4) is 0 Å². The van der Waals surface area contributed by atoms with Crippen molar-refractivity contribution in [3.8, 4) is 45.3 Å². The SMILES string of the molecule is c1ccc(-c2cc(-c3cccc(-n4c5ccccc5c5cc(-n6c7ccccc7c7ccccc76)ccc54)c3)nc(-c3ccccc3)n2)cc1. The molecule has 10 rings (SSSR count). The number of para-hydroxylation sites is 3. The first-order valence-corrected chi connectivity index (χ1v) is 16.9. The number of fused-ring (bicyclic) bond motifs is 6. The third-order valence-electron chi connectivity index (χ3n) is 9.72. The fourth-order valence-corrected chi connectivity index (χ4v) is 7.45. The third-order valence-corrected chi connectivity index (χ3v) is 9.72. The van der Waals surface area contributed by atoms with E-state index in [0.717, 1.165) is 50.5 Å². The molecular weight excluding hydrogens is 609 g/mol. The van der Waals surface area contributed by atoms with E-state index in [0.29, 0.717) is 5.82 Å². The summed E-state index contributed by atoms with van der Waals surface area (Å²) < 4.78 is 4.77. The number of benzene rings is 7. The summed E-state index contributed by atoms with van der Waals surface area (Å²) >= 11 is 0. The quantitative estimate of drug-likeness (QED) is 0.188. The van der Waals surface area contributed by atoms with Crippen molar-refractivity contribution < 1.29 is 0 Å². The Morgan fingerprint density at radius 2 is 0.760 bits per heavy atom. The van der Waals surface area contributed by atoms with Gasteiger partial charge in [0.2, 0.25) is 0 Å². The van der Waals surface area contributed by atoms with E-state index in [4.69, 9.17) is 9.97 Å². The highest BCUT2D eigenvalue weighted by molar-refractivity contribution is 6.12. The van der Waals surface area contributed by atoms with E-state index >= 15 is 0 Å². The summed E-state index contributed by atoms with van der Waals surface area (Å²) in [5.41, 5.74) is 11.8. The molecule has 0 spiro atoms. The predicted molar refractivity (Wildman–Crippen MR) is 207 cm³/mol. The molecule has 0 radical (unpaired) electrons. The van der Waals surface area contributed by atoms with Crippen LogP contribution in [0.15, 0.2) is 182 Å². The number of rotatable bonds is 5. The molecule has 4 heteroatoms. The second-order valence-electron chi connectivity index (χ2n) is 12.7. The molecule has 4 nitrogen and oxygen atoms in total. The van der Waals surface area contributed by atoms with Crippen LogP contribution in [0.25, 0.3) is 88.9 Å². The average Bonchev–Trinajstić information content (AvgIpc) is 3.71. The molecule has 10 aromatic rings. The van der Waals surface area contributed by atoms with Crippen molar-refractivity contribution in [2.45, 2.75) is 0 Å². The van der Waals surface area contributed by atoms with Crippen LogP contribution in [0.1, 0.15) is 0 Å². The molecule has 0 atom stereocenters. The van der Waals surface area contributed by atoms with Gasteiger partial charge in [0.25, 0.3) is 0 Å². The fourth-order valence-electron chi connectivity index (χ4n) is 7.45. The van der Waals surface area contributed by atoms with Gasteiger partial charge in [0.15, 0.2) is 5.82 Å². The second kappa shape index (κ2) is 11.4. The van der Waals surface area contributed by atoms with E-state index in [-0.39, 0.29) is 0 Å². The average molecular weight is 639 g/mol. The van der Waals surface area contributed by atoms with E-state index in [9.17, 15) is 0 Å². The molecule has 7 aromatic carbocycles. The zero-order valence-corrected chi connectivity index (χ0v) is 27.1. The Morgan fingerprint density at radius 1 is 0.300 bits per heavy atom. The van der Waals surface area contributed by atoms with Gasteiger partial charge in [-0.15, -0.1) is 0 Å². The fraction of sp³-hybridized carbons (Fsp3) is 0. The summed E-state index contributed by atoms with van der Waals surface area (Å²) in [5.74, 6) is 0.710. The van der Waals surface area contributed by atoms with E-state index in [1.807, 2.05) is 24.3 Å². The smallest absolute Gasteiger partial charge is 0.160 e. The molecule has 0 unspecified atom stereocenters. The summed E-state index contributed by atoms with van der Waals surface area (Å²) in [6.07, 6.45) is 0. The highest BCUT2D eigenvalue weighted by Crippen LogP contribution is 2.37. The predicted octanol–water partition coefficient (Wildman–Crippen LogP) is 11.7. The van der Waals surface area contributed by atoms with E-state index in [2.05, 4.69) is 167 Å². The summed E-state index contributed by atoms with van der Waals surface area (Å²) in [7, 11) is 0. The van der Waals surface area contributed by atoms with Crippen molar-refractivity contribution in [1.29, 1.82) is 0 Å². The maximum atomic E-state index is 5.11. The first-order chi connectivity index (χ1) is 24.8. The van der Waals surface area contributed by atoms with Crippen LogP contribution < -0.4 is 0 Å². The topological polar surface area (TPSA) is 35.6 Å². The van der Waals surface area contributed by atoms with Crippen LogP contribution in [-0.4, -0.2) is 19.1 Å². The molecule has 0 saturated carbocycles. The summed E-state index contributed by atoms with van der Waals surface area (Å²) in [6, 6.07) is 64.3. The van der Waals surface area contributed by atoms with Crippen molar-refractivity contribution in [2.24, 2.45) is 0 Å². The first-order valence-electron chi connectivity index (χ1n) is 16.9. The van der Waals surface area contributed by atoms with Crippen LogP contribution in [0.5, 0.6) is 0 Å². The lowest BCUT2D eigenvalue weighted by Gasteiger charge is -2.13. The van der Waals surface area contributed by atoms with Gasteiger partial charge in [0.05, 0.1) is 33.5 Å². The van der Waals surface area contributed by atoms with Gasteiger partial charge in [-0.05, 0) is 54.6 Å². The Labute approximate surface area is 289 Å². The van der Waals surface area contributed by atoms with Gasteiger partial charge in [0, 0.05) is 49.6 Å². The largest absolute Gasteiger partial charge is 0.309 e.